The van der Waals surface area contributed by atoms with Crippen molar-refractivity contribution in [1.29, 1.82) is 0 Å². The quantitative estimate of drug-likeness (QED) is 0.374. The van der Waals surface area contributed by atoms with Gasteiger partial charge in [0.25, 0.3) is 5.91 Å². The number of nitrogens with one attached hydrogen (secondary N) is 1. The van der Waals surface area contributed by atoms with E-state index in [1.54, 1.807) is 18.2 Å². The molecule has 0 saturated carbocycles. The van der Waals surface area contributed by atoms with Crippen LogP contribution in [0.4, 0.5) is 20.5 Å². The van der Waals surface area contributed by atoms with Gasteiger partial charge in [-0.25, -0.2) is 28.7 Å². The molecule has 1 aliphatic rings. The zero-order valence-electron chi connectivity index (χ0n) is 22.7. The molecule has 11 heteroatoms. The lowest BCUT2D eigenvalue weighted by Gasteiger charge is -2.35. The number of carbonyl (C=O) groups excluding carboxylic acids is 1. The van der Waals surface area contributed by atoms with Crippen LogP contribution in [-0.2, 0) is 0 Å². The SMILES string of the molecule is Cc1nc2c(F)cc(-c3nc(Nc4ccc(C(=O)N5CCC(N(C)C)CC5)cn4)ncc3F)cc2n1C(C)C. The van der Waals surface area contributed by atoms with E-state index in [0.717, 1.165) is 19.0 Å². The average molecular weight is 535 g/mol. The lowest BCUT2D eigenvalue weighted by atomic mass is 10.0. The second-order valence-electron chi connectivity index (χ2n) is 10.4. The van der Waals surface area contributed by atoms with Crippen LogP contribution in [0, 0.1) is 18.6 Å². The molecule has 1 saturated heterocycles. The van der Waals surface area contributed by atoms with Crippen LogP contribution in [0.25, 0.3) is 22.3 Å². The van der Waals surface area contributed by atoms with E-state index in [0.29, 0.717) is 41.9 Å². The summed E-state index contributed by atoms with van der Waals surface area (Å²) < 4.78 is 31.7. The minimum Gasteiger partial charge on any atom is -0.338 e. The van der Waals surface area contributed by atoms with Crippen LogP contribution in [0.1, 0.15) is 48.9 Å². The third-order valence-electron chi connectivity index (χ3n) is 7.19. The van der Waals surface area contributed by atoms with Crippen molar-refractivity contribution in [2.45, 2.75) is 45.7 Å². The molecule has 0 unspecified atom stereocenters. The molecule has 0 radical (unpaired) electrons. The minimum absolute atomic E-state index is 0.0444. The molecule has 4 heterocycles. The largest absolute Gasteiger partial charge is 0.338 e. The molecule has 0 spiro atoms. The molecule has 1 aliphatic heterocycles. The van der Waals surface area contributed by atoms with Crippen LogP contribution in [-0.4, -0.2) is 73.4 Å². The molecular formula is C28H32F2N8O. The number of benzene rings is 1. The average Bonchev–Trinajstić information content (AvgIpc) is 3.26. The summed E-state index contributed by atoms with van der Waals surface area (Å²) in [6, 6.07) is 6.80. The number of hydrogen-bond acceptors (Lipinski definition) is 7. The first-order chi connectivity index (χ1) is 18.6. The summed E-state index contributed by atoms with van der Waals surface area (Å²) in [6.45, 7) is 7.18. The monoisotopic (exact) mass is 534 g/mol. The fourth-order valence-corrected chi connectivity index (χ4v) is 5.16. The number of amides is 1. The van der Waals surface area contributed by atoms with Gasteiger partial charge in [-0.1, -0.05) is 0 Å². The standard InChI is InChI=1S/C28H32F2N8O/c1-16(2)38-17(3)33-26-21(29)12-19(13-23(26)38)25-22(30)15-32-28(35-25)34-24-7-6-18(14-31-24)27(39)37-10-8-20(9-11-37)36(4)5/h6-7,12-16,20H,8-11H2,1-5H3,(H,31,32,34,35). The van der Waals surface area contributed by atoms with Crippen molar-refractivity contribution in [2.75, 3.05) is 32.5 Å². The van der Waals surface area contributed by atoms with Crippen LogP contribution in [0.3, 0.4) is 0 Å². The summed E-state index contributed by atoms with van der Waals surface area (Å²) in [6.07, 6.45) is 4.41. The van der Waals surface area contributed by atoms with E-state index in [1.807, 2.05) is 30.2 Å². The number of hydrogen-bond donors (Lipinski definition) is 1. The summed E-state index contributed by atoms with van der Waals surface area (Å²) in [5.41, 5.74) is 1.52. The Morgan fingerprint density at radius 1 is 1.05 bits per heavy atom. The lowest BCUT2D eigenvalue weighted by Crippen LogP contribution is -2.44. The number of fused-ring (bicyclic) bond motifs is 1. The van der Waals surface area contributed by atoms with E-state index in [4.69, 9.17) is 0 Å². The van der Waals surface area contributed by atoms with E-state index < -0.39 is 11.6 Å². The zero-order valence-corrected chi connectivity index (χ0v) is 22.7. The van der Waals surface area contributed by atoms with E-state index >= 15 is 0 Å². The predicted octanol–water partition coefficient (Wildman–Crippen LogP) is 4.97. The first-order valence-corrected chi connectivity index (χ1v) is 13.0. The van der Waals surface area contributed by atoms with Crippen molar-refractivity contribution in [2.24, 2.45) is 0 Å². The van der Waals surface area contributed by atoms with Gasteiger partial charge in [0.2, 0.25) is 5.95 Å². The molecule has 4 aromatic rings. The van der Waals surface area contributed by atoms with Gasteiger partial charge in [-0.05, 0) is 72.0 Å². The van der Waals surface area contributed by atoms with Crippen LogP contribution >= 0.6 is 0 Å². The van der Waals surface area contributed by atoms with Crippen molar-refractivity contribution in [3.05, 3.63) is 59.7 Å². The molecule has 3 aromatic heterocycles. The number of nitrogens with zero attached hydrogens (tertiary/aromatic N) is 7. The van der Waals surface area contributed by atoms with Crippen LogP contribution < -0.4 is 5.32 Å². The van der Waals surface area contributed by atoms with E-state index in [1.165, 1.54) is 12.3 Å². The van der Waals surface area contributed by atoms with Crippen molar-refractivity contribution in [3.8, 4) is 11.3 Å². The Bertz CT molecular complexity index is 1510. The molecule has 1 fully saturated rings. The zero-order chi connectivity index (χ0) is 27.8. The second-order valence-corrected chi connectivity index (χ2v) is 10.4. The van der Waals surface area contributed by atoms with Gasteiger partial charge in [-0.3, -0.25) is 4.79 Å². The maximum Gasteiger partial charge on any atom is 0.255 e. The fourth-order valence-electron chi connectivity index (χ4n) is 5.16. The summed E-state index contributed by atoms with van der Waals surface area (Å²) in [5.74, 6) is -0.125. The number of likely N-dealkylation sites (tertiary alicyclic amines) is 1. The molecule has 204 valence electrons. The summed E-state index contributed by atoms with van der Waals surface area (Å²) >= 11 is 0. The number of aryl methyl sites for hydroxylation is 1. The predicted molar refractivity (Wildman–Crippen MR) is 146 cm³/mol. The normalized spacial score (nSPS) is 14.5. The highest BCUT2D eigenvalue weighted by atomic mass is 19.1. The lowest BCUT2D eigenvalue weighted by molar-refractivity contribution is 0.0663. The molecule has 39 heavy (non-hydrogen) atoms. The maximum atomic E-state index is 15.0. The summed E-state index contributed by atoms with van der Waals surface area (Å²) in [5, 5.41) is 2.95. The highest BCUT2D eigenvalue weighted by molar-refractivity contribution is 5.94. The van der Waals surface area contributed by atoms with Gasteiger partial charge in [-0.15, -0.1) is 0 Å². The Hall–Kier alpha value is -3.99. The Labute approximate surface area is 225 Å². The third-order valence-corrected chi connectivity index (χ3v) is 7.19. The summed E-state index contributed by atoms with van der Waals surface area (Å²) in [4.78, 5) is 34.0. The van der Waals surface area contributed by atoms with Crippen molar-refractivity contribution in [3.63, 3.8) is 0 Å². The number of pyridine rings is 1. The number of rotatable bonds is 6. The van der Waals surface area contributed by atoms with E-state index in [2.05, 4.69) is 44.2 Å². The number of anilines is 2. The molecule has 0 atom stereocenters. The summed E-state index contributed by atoms with van der Waals surface area (Å²) in [7, 11) is 4.12. The highest BCUT2D eigenvalue weighted by Crippen LogP contribution is 2.30. The fraction of sp³-hybridized carbons (Fsp3) is 0.393. The van der Waals surface area contributed by atoms with Crippen LogP contribution in [0.2, 0.25) is 0 Å². The van der Waals surface area contributed by atoms with E-state index in [9.17, 15) is 13.6 Å². The molecule has 0 aliphatic carbocycles. The smallest absolute Gasteiger partial charge is 0.255 e. The Kier molecular flexibility index (Phi) is 7.26. The maximum absolute atomic E-state index is 15.0. The van der Waals surface area contributed by atoms with Crippen molar-refractivity contribution < 1.29 is 13.6 Å². The molecule has 1 aromatic carbocycles. The van der Waals surface area contributed by atoms with Gasteiger partial charge in [0.05, 0.1) is 17.3 Å². The topological polar surface area (TPSA) is 92.1 Å². The van der Waals surface area contributed by atoms with Gasteiger partial charge in [0.1, 0.15) is 22.9 Å². The van der Waals surface area contributed by atoms with Crippen molar-refractivity contribution >= 4 is 28.7 Å². The highest BCUT2D eigenvalue weighted by Gasteiger charge is 2.25. The Morgan fingerprint density at radius 2 is 1.79 bits per heavy atom. The van der Waals surface area contributed by atoms with Crippen LogP contribution in [0.15, 0.2) is 36.7 Å². The first-order valence-electron chi connectivity index (χ1n) is 13.0. The molecule has 5 rings (SSSR count). The second kappa shape index (κ2) is 10.6. The van der Waals surface area contributed by atoms with Crippen LogP contribution in [0.5, 0.6) is 0 Å². The third kappa shape index (κ3) is 5.31. The number of carbonyl (C=O) groups is 1. The number of aromatic nitrogens is 5. The number of piperidine rings is 1. The Morgan fingerprint density at radius 3 is 2.44 bits per heavy atom. The van der Waals surface area contributed by atoms with Gasteiger partial charge >= 0.3 is 0 Å². The van der Waals surface area contributed by atoms with E-state index in [-0.39, 0.29) is 34.7 Å². The minimum atomic E-state index is -0.682. The molecule has 0 bridgehead atoms. The number of halogens is 2. The molecular weight excluding hydrogens is 502 g/mol. The van der Waals surface area contributed by atoms with Gasteiger partial charge in [-0.2, -0.15) is 0 Å². The first kappa shape index (κ1) is 26.6. The Balaban J connectivity index is 1.35. The van der Waals surface area contributed by atoms with Gasteiger partial charge in [0.15, 0.2) is 11.6 Å². The molecule has 9 nitrogen and oxygen atoms in total. The molecule has 1 N–H and O–H groups in total. The van der Waals surface area contributed by atoms with Gasteiger partial charge < -0.3 is 19.7 Å². The van der Waals surface area contributed by atoms with Gasteiger partial charge in [0, 0.05) is 36.9 Å². The molecule has 1 amide bonds. The number of imidazole rings is 1. The van der Waals surface area contributed by atoms with Crippen molar-refractivity contribution in [1.82, 2.24) is 34.3 Å².